The van der Waals surface area contributed by atoms with Gasteiger partial charge in [-0.05, 0) is 17.4 Å². The Labute approximate surface area is 87.9 Å². The number of carbonyl (C=O) groups excluding carboxylic acids is 1. The Bertz CT molecular complexity index is 323. The lowest BCUT2D eigenvalue weighted by Crippen LogP contribution is -1.99. The molecule has 0 unspecified atom stereocenters. The number of hydrogen-bond acceptors (Lipinski definition) is 3. The summed E-state index contributed by atoms with van der Waals surface area (Å²) in [6.45, 7) is 3.96. The molecule has 0 aromatic carbocycles. The van der Waals surface area contributed by atoms with Crippen LogP contribution in [0.15, 0.2) is 22.9 Å². The third-order valence-electron chi connectivity index (χ3n) is 1.72. The molecule has 0 atom stereocenters. The number of hydrogen-bond donors (Lipinski definition) is 1. The first-order valence-corrected chi connectivity index (χ1v) is 5.50. The highest BCUT2D eigenvalue weighted by Gasteiger charge is 2.05. The predicted molar refractivity (Wildman–Crippen MR) is 59.4 cm³/mol. The van der Waals surface area contributed by atoms with Crippen LogP contribution in [0.5, 0.6) is 0 Å². The molecule has 14 heavy (non-hydrogen) atoms. The SMILES string of the molecule is CC(C)CC(=O)C=C(O)c1ccsc1. The Kier molecular flexibility index (Phi) is 3.89. The topological polar surface area (TPSA) is 37.3 Å². The van der Waals surface area contributed by atoms with Crippen molar-refractivity contribution in [2.45, 2.75) is 20.3 Å². The van der Waals surface area contributed by atoms with Gasteiger partial charge in [0.25, 0.3) is 0 Å². The zero-order chi connectivity index (χ0) is 10.6. The van der Waals surface area contributed by atoms with Crippen molar-refractivity contribution in [3.63, 3.8) is 0 Å². The molecule has 0 spiro atoms. The van der Waals surface area contributed by atoms with Crippen LogP contribution in [0.25, 0.3) is 5.76 Å². The van der Waals surface area contributed by atoms with Crippen LogP contribution in [0, 0.1) is 5.92 Å². The van der Waals surface area contributed by atoms with Gasteiger partial charge in [-0.2, -0.15) is 11.3 Å². The zero-order valence-electron chi connectivity index (χ0n) is 8.36. The van der Waals surface area contributed by atoms with Gasteiger partial charge in [0.2, 0.25) is 0 Å². The average molecular weight is 210 g/mol. The Morgan fingerprint density at radius 1 is 1.64 bits per heavy atom. The van der Waals surface area contributed by atoms with Gasteiger partial charge in [-0.15, -0.1) is 0 Å². The summed E-state index contributed by atoms with van der Waals surface area (Å²) in [5, 5.41) is 13.2. The fourth-order valence-electron chi connectivity index (χ4n) is 1.11. The molecule has 1 rings (SSSR count). The van der Waals surface area contributed by atoms with E-state index in [0.717, 1.165) is 0 Å². The van der Waals surface area contributed by atoms with Gasteiger partial charge in [0.15, 0.2) is 5.78 Å². The molecule has 1 aromatic heterocycles. The Hall–Kier alpha value is -1.09. The highest BCUT2D eigenvalue weighted by atomic mass is 32.1. The number of thiophene rings is 1. The quantitative estimate of drug-likeness (QED) is 0.611. The molecule has 0 aliphatic rings. The normalized spacial score (nSPS) is 12.1. The fourth-order valence-corrected chi connectivity index (χ4v) is 1.76. The second-order valence-electron chi connectivity index (χ2n) is 3.61. The summed E-state index contributed by atoms with van der Waals surface area (Å²) >= 11 is 1.50. The molecule has 0 amide bonds. The van der Waals surface area contributed by atoms with E-state index in [9.17, 15) is 9.90 Å². The molecule has 0 fully saturated rings. The first-order valence-electron chi connectivity index (χ1n) is 4.55. The van der Waals surface area contributed by atoms with Crippen LogP contribution in [0.1, 0.15) is 25.8 Å². The van der Waals surface area contributed by atoms with E-state index in [4.69, 9.17) is 0 Å². The van der Waals surface area contributed by atoms with Gasteiger partial charge in [0, 0.05) is 23.4 Å². The lowest BCUT2D eigenvalue weighted by molar-refractivity contribution is -0.115. The van der Waals surface area contributed by atoms with E-state index in [2.05, 4.69) is 0 Å². The molecule has 0 aliphatic carbocycles. The minimum absolute atomic E-state index is 0.0244. The summed E-state index contributed by atoms with van der Waals surface area (Å²) in [6, 6.07) is 1.79. The smallest absolute Gasteiger partial charge is 0.159 e. The molecule has 1 aromatic rings. The third kappa shape index (κ3) is 3.34. The molecule has 0 bridgehead atoms. The van der Waals surface area contributed by atoms with Gasteiger partial charge in [-0.3, -0.25) is 4.79 Å². The van der Waals surface area contributed by atoms with Crippen LogP contribution in [-0.2, 0) is 4.79 Å². The largest absolute Gasteiger partial charge is 0.507 e. The summed E-state index contributed by atoms with van der Waals surface area (Å²) in [5.41, 5.74) is 0.715. The first kappa shape index (κ1) is 11.0. The van der Waals surface area contributed by atoms with Crippen molar-refractivity contribution in [3.8, 4) is 0 Å². The first-order chi connectivity index (χ1) is 6.59. The van der Waals surface area contributed by atoms with Crippen LogP contribution < -0.4 is 0 Å². The zero-order valence-corrected chi connectivity index (χ0v) is 9.17. The van der Waals surface area contributed by atoms with E-state index in [1.54, 1.807) is 6.07 Å². The van der Waals surface area contributed by atoms with Gasteiger partial charge in [0.1, 0.15) is 5.76 Å². The van der Waals surface area contributed by atoms with Crippen molar-refractivity contribution >= 4 is 22.9 Å². The van der Waals surface area contributed by atoms with Crippen LogP contribution in [-0.4, -0.2) is 10.9 Å². The van der Waals surface area contributed by atoms with E-state index in [1.165, 1.54) is 17.4 Å². The number of ketones is 1. The Morgan fingerprint density at radius 2 is 2.36 bits per heavy atom. The summed E-state index contributed by atoms with van der Waals surface area (Å²) in [5.74, 6) is 0.370. The molecular weight excluding hydrogens is 196 g/mol. The minimum Gasteiger partial charge on any atom is -0.507 e. The molecular formula is C11H14O2S. The standard InChI is InChI=1S/C11H14O2S/c1-8(2)5-10(12)6-11(13)9-3-4-14-7-9/h3-4,6-8,13H,5H2,1-2H3. The van der Waals surface area contributed by atoms with Gasteiger partial charge < -0.3 is 5.11 Å². The predicted octanol–water partition coefficient (Wildman–Crippen LogP) is 3.26. The maximum absolute atomic E-state index is 11.3. The molecule has 0 aliphatic heterocycles. The number of aliphatic hydroxyl groups is 1. The summed E-state index contributed by atoms with van der Waals surface area (Å²) in [4.78, 5) is 11.3. The molecule has 0 saturated carbocycles. The molecule has 3 heteroatoms. The van der Waals surface area contributed by atoms with E-state index in [-0.39, 0.29) is 11.5 Å². The fraction of sp³-hybridized carbons (Fsp3) is 0.364. The minimum atomic E-state index is -0.0244. The Balaban J connectivity index is 2.65. The maximum Gasteiger partial charge on any atom is 0.159 e. The second-order valence-corrected chi connectivity index (χ2v) is 4.39. The molecule has 0 radical (unpaired) electrons. The summed E-state index contributed by atoms with van der Waals surface area (Å²) in [6.07, 6.45) is 1.79. The number of carbonyl (C=O) groups is 1. The van der Waals surface area contributed by atoms with Crippen LogP contribution in [0.3, 0.4) is 0 Å². The molecule has 1 N–H and O–H groups in total. The molecule has 2 nitrogen and oxygen atoms in total. The van der Waals surface area contributed by atoms with Crippen molar-refractivity contribution in [1.29, 1.82) is 0 Å². The lowest BCUT2D eigenvalue weighted by atomic mass is 10.1. The van der Waals surface area contributed by atoms with Crippen LogP contribution >= 0.6 is 11.3 Å². The highest BCUT2D eigenvalue weighted by molar-refractivity contribution is 7.08. The van der Waals surface area contributed by atoms with Crippen molar-refractivity contribution in [3.05, 3.63) is 28.5 Å². The third-order valence-corrected chi connectivity index (χ3v) is 2.41. The monoisotopic (exact) mass is 210 g/mol. The van der Waals surface area contributed by atoms with Gasteiger partial charge in [-0.1, -0.05) is 13.8 Å². The molecule has 76 valence electrons. The second kappa shape index (κ2) is 4.96. The van der Waals surface area contributed by atoms with E-state index in [1.807, 2.05) is 24.6 Å². The number of rotatable bonds is 4. The average Bonchev–Trinajstić information content (AvgIpc) is 2.53. The molecule has 1 heterocycles. The van der Waals surface area contributed by atoms with E-state index in [0.29, 0.717) is 17.9 Å². The van der Waals surface area contributed by atoms with E-state index >= 15 is 0 Å². The summed E-state index contributed by atoms with van der Waals surface area (Å²) < 4.78 is 0. The van der Waals surface area contributed by atoms with E-state index < -0.39 is 0 Å². The molecule has 0 saturated heterocycles. The Morgan fingerprint density at radius 3 is 2.86 bits per heavy atom. The lowest BCUT2D eigenvalue weighted by Gasteiger charge is -2.00. The maximum atomic E-state index is 11.3. The van der Waals surface area contributed by atoms with Crippen LogP contribution in [0.2, 0.25) is 0 Å². The van der Waals surface area contributed by atoms with Crippen molar-refractivity contribution in [2.24, 2.45) is 5.92 Å². The van der Waals surface area contributed by atoms with Crippen molar-refractivity contribution < 1.29 is 9.90 Å². The van der Waals surface area contributed by atoms with Crippen molar-refractivity contribution in [1.82, 2.24) is 0 Å². The van der Waals surface area contributed by atoms with Gasteiger partial charge in [-0.25, -0.2) is 0 Å². The van der Waals surface area contributed by atoms with Gasteiger partial charge in [0.05, 0.1) is 0 Å². The number of aliphatic hydroxyl groups excluding tert-OH is 1. The van der Waals surface area contributed by atoms with Gasteiger partial charge >= 0.3 is 0 Å². The highest BCUT2D eigenvalue weighted by Crippen LogP contribution is 2.15. The van der Waals surface area contributed by atoms with Crippen LogP contribution in [0.4, 0.5) is 0 Å². The number of allylic oxidation sites excluding steroid dienone is 1. The summed E-state index contributed by atoms with van der Waals surface area (Å²) in [7, 11) is 0. The van der Waals surface area contributed by atoms with Crippen molar-refractivity contribution in [2.75, 3.05) is 0 Å².